The van der Waals surface area contributed by atoms with Crippen molar-refractivity contribution < 1.29 is 4.92 Å². The minimum Gasteiger partial charge on any atom is -0.369 e. The van der Waals surface area contributed by atoms with E-state index in [1.54, 1.807) is 24.7 Å². The molecule has 6 nitrogen and oxygen atoms in total. The lowest BCUT2D eigenvalue weighted by atomic mass is 10.0. The van der Waals surface area contributed by atoms with Crippen molar-refractivity contribution in [1.29, 1.82) is 0 Å². The molecule has 20 heavy (non-hydrogen) atoms. The second-order valence-corrected chi connectivity index (χ2v) is 4.96. The first-order chi connectivity index (χ1) is 9.74. The van der Waals surface area contributed by atoms with Crippen LogP contribution in [0.5, 0.6) is 0 Å². The smallest absolute Gasteiger partial charge is 0.271 e. The molecule has 0 N–H and O–H groups in total. The van der Waals surface area contributed by atoms with Gasteiger partial charge in [0.25, 0.3) is 5.69 Å². The van der Waals surface area contributed by atoms with Gasteiger partial charge in [0.1, 0.15) is 0 Å². The Morgan fingerprint density at radius 1 is 1.35 bits per heavy atom. The molecule has 1 aromatic carbocycles. The first-order valence-electron chi connectivity index (χ1n) is 6.72. The Hall–Kier alpha value is -2.37. The van der Waals surface area contributed by atoms with Gasteiger partial charge in [-0.3, -0.25) is 10.1 Å². The molecule has 0 spiro atoms. The molecule has 0 unspecified atom stereocenters. The highest BCUT2D eigenvalue weighted by Gasteiger charge is 2.19. The van der Waals surface area contributed by atoms with Crippen molar-refractivity contribution in [1.82, 2.24) is 9.55 Å². The van der Waals surface area contributed by atoms with Crippen molar-refractivity contribution in [2.45, 2.75) is 19.4 Å². The minimum atomic E-state index is -0.330. The Morgan fingerprint density at radius 2 is 2.25 bits per heavy atom. The van der Waals surface area contributed by atoms with Crippen molar-refractivity contribution in [2.24, 2.45) is 0 Å². The van der Waals surface area contributed by atoms with Crippen LogP contribution < -0.4 is 4.90 Å². The first kappa shape index (κ1) is 12.7. The van der Waals surface area contributed by atoms with Gasteiger partial charge in [0.15, 0.2) is 0 Å². The standard InChI is InChI=1S/C14H16N4O2/c19-18(20)13-4-3-12-2-1-6-17(14(12)10-13)9-8-16-7-5-15-11-16/h3-5,7,10-11H,1-2,6,8-9H2. The topological polar surface area (TPSA) is 64.2 Å². The van der Waals surface area contributed by atoms with Crippen LogP contribution >= 0.6 is 0 Å². The van der Waals surface area contributed by atoms with Gasteiger partial charge >= 0.3 is 0 Å². The molecule has 104 valence electrons. The SMILES string of the molecule is O=[N+]([O-])c1ccc2c(c1)N(CCn1ccnc1)CCC2. The zero-order chi connectivity index (χ0) is 13.9. The highest BCUT2D eigenvalue weighted by Crippen LogP contribution is 2.30. The Morgan fingerprint density at radius 3 is 3.00 bits per heavy atom. The first-order valence-corrected chi connectivity index (χ1v) is 6.72. The van der Waals surface area contributed by atoms with E-state index in [1.165, 1.54) is 5.56 Å². The zero-order valence-electron chi connectivity index (χ0n) is 11.1. The fourth-order valence-corrected chi connectivity index (χ4v) is 2.64. The van der Waals surface area contributed by atoms with Crippen molar-refractivity contribution >= 4 is 11.4 Å². The number of aryl methyl sites for hydroxylation is 1. The number of imidazole rings is 1. The molecule has 6 heteroatoms. The Labute approximate surface area is 116 Å². The van der Waals surface area contributed by atoms with Gasteiger partial charge in [-0.05, 0) is 18.4 Å². The van der Waals surface area contributed by atoms with Gasteiger partial charge in [0.05, 0.1) is 11.3 Å². The van der Waals surface area contributed by atoms with Crippen molar-refractivity contribution in [3.8, 4) is 0 Å². The van der Waals surface area contributed by atoms with E-state index in [4.69, 9.17) is 0 Å². The average Bonchev–Trinajstić information content (AvgIpc) is 2.97. The Balaban J connectivity index is 1.80. The van der Waals surface area contributed by atoms with E-state index in [0.717, 1.165) is 38.2 Å². The number of anilines is 1. The van der Waals surface area contributed by atoms with Gasteiger partial charge in [-0.2, -0.15) is 0 Å². The minimum absolute atomic E-state index is 0.165. The molecular weight excluding hydrogens is 256 g/mol. The summed E-state index contributed by atoms with van der Waals surface area (Å²) in [4.78, 5) is 16.8. The van der Waals surface area contributed by atoms with Crippen LogP contribution in [0.3, 0.4) is 0 Å². The summed E-state index contributed by atoms with van der Waals surface area (Å²) in [5.41, 5.74) is 2.37. The molecule has 1 aliphatic rings. The highest BCUT2D eigenvalue weighted by atomic mass is 16.6. The van der Waals surface area contributed by atoms with Gasteiger partial charge in [-0.1, -0.05) is 6.07 Å². The third-order valence-corrected chi connectivity index (χ3v) is 3.68. The van der Waals surface area contributed by atoms with E-state index in [1.807, 2.05) is 16.8 Å². The maximum Gasteiger partial charge on any atom is 0.271 e. The van der Waals surface area contributed by atoms with Crippen molar-refractivity contribution in [3.05, 3.63) is 52.6 Å². The van der Waals surface area contributed by atoms with Crippen LogP contribution in [0.4, 0.5) is 11.4 Å². The molecule has 0 fully saturated rings. The summed E-state index contributed by atoms with van der Waals surface area (Å²) in [5.74, 6) is 0. The van der Waals surface area contributed by atoms with Crippen LogP contribution in [-0.2, 0) is 13.0 Å². The van der Waals surface area contributed by atoms with E-state index >= 15 is 0 Å². The molecule has 0 radical (unpaired) electrons. The number of hydrogen-bond acceptors (Lipinski definition) is 4. The van der Waals surface area contributed by atoms with Gasteiger partial charge in [0, 0.05) is 49.8 Å². The average molecular weight is 272 g/mol. The lowest BCUT2D eigenvalue weighted by Crippen LogP contribution is -2.32. The number of hydrogen-bond donors (Lipinski definition) is 0. The number of fused-ring (bicyclic) bond motifs is 1. The Kier molecular flexibility index (Phi) is 3.37. The van der Waals surface area contributed by atoms with E-state index in [-0.39, 0.29) is 10.6 Å². The van der Waals surface area contributed by atoms with Gasteiger partial charge in [0.2, 0.25) is 0 Å². The van der Waals surface area contributed by atoms with Gasteiger partial charge in [-0.15, -0.1) is 0 Å². The molecule has 0 saturated carbocycles. The van der Waals surface area contributed by atoms with E-state index in [0.29, 0.717) is 0 Å². The largest absolute Gasteiger partial charge is 0.369 e. The lowest BCUT2D eigenvalue weighted by Gasteiger charge is -2.31. The third-order valence-electron chi connectivity index (χ3n) is 3.68. The monoisotopic (exact) mass is 272 g/mol. The fraction of sp³-hybridized carbons (Fsp3) is 0.357. The molecule has 0 bridgehead atoms. The summed E-state index contributed by atoms with van der Waals surface area (Å²) < 4.78 is 2.02. The number of non-ortho nitro benzene ring substituents is 1. The molecule has 1 aliphatic heterocycles. The number of benzene rings is 1. The lowest BCUT2D eigenvalue weighted by molar-refractivity contribution is -0.384. The van der Waals surface area contributed by atoms with Crippen LogP contribution in [0.2, 0.25) is 0 Å². The van der Waals surface area contributed by atoms with Gasteiger partial charge < -0.3 is 9.47 Å². The summed E-state index contributed by atoms with van der Waals surface area (Å²) >= 11 is 0. The summed E-state index contributed by atoms with van der Waals surface area (Å²) in [5, 5.41) is 10.9. The molecule has 2 heterocycles. The maximum atomic E-state index is 10.9. The maximum absolute atomic E-state index is 10.9. The molecule has 0 amide bonds. The normalized spacial score (nSPS) is 14.1. The molecule has 0 atom stereocenters. The van der Waals surface area contributed by atoms with Gasteiger partial charge in [-0.25, -0.2) is 4.98 Å². The fourth-order valence-electron chi connectivity index (χ4n) is 2.64. The van der Waals surface area contributed by atoms with Crippen LogP contribution in [0.15, 0.2) is 36.9 Å². The summed E-state index contributed by atoms with van der Waals surface area (Å²) in [6.45, 7) is 2.62. The number of aromatic nitrogens is 2. The van der Waals surface area contributed by atoms with Crippen LogP contribution in [0, 0.1) is 10.1 Å². The summed E-state index contributed by atoms with van der Waals surface area (Å²) in [6, 6.07) is 5.18. The second kappa shape index (κ2) is 5.32. The molecule has 2 aromatic rings. The molecule has 3 rings (SSSR count). The van der Waals surface area contributed by atoms with Crippen molar-refractivity contribution in [3.63, 3.8) is 0 Å². The predicted octanol–water partition coefficient (Wildman–Crippen LogP) is 2.24. The summed E-state index contributed by atoms with van der Waals surface area (Å²) in [7, 11) is 0. The predicted molar refractivity (Wildman–Crippen MR) is 75.9 cm³/mol. The van der Waals surface area contributed by atoms with E-state index in [2.05, 4.69) is 9.88 Å². The van der Waals surface area contributed by atoms with Crippen LogP contribution in [-0.4, -0.2) is 27.6 Å². The Bertz CT molecular complexity index is 610. The summed E-state index contributed by atoms with van der Waals surface area (Å²) in [6.07, 6.45) is 7.56. The highest BCUT2D eigenvalue weighted by molar-refractivity contribution is 5.60. The molecular formula is C14H16N4O2. The molecule has 1 aromatic heterocycles. The van der Waals surface area contributed by atoms with Crippen molar-refractivity contribution in [2.75, 3.05) is 18.0 Å². The number of nitrogens with zero attached hydrogens (tertiary/aromatic N) is 4. The number of nitro benzene ring substituents is 1. The molecule has 0 saturated heterocycles. The van der Waals surface area contributed by atoms with Crippen LogP contribution in [0.25, 0.3) is 0 Å². The zero-order valence-corrected chi connectivity index (χ0v) is 11.1. The van der Waals surface area contributed by atoms with E-state index in [9.17, 15) is 10.1 Å². The number of nitro groups is 1. The quantitative estimate of drug-likeness (QED) is 0.632. The van der Waals surface area contributed by atoms with Crippen LogP contribution in [0.1, 0.15) is 12.0 Å². The second-order valence-electron chi connectivity index (χ2n) is 4.96. The van der Waals surface area contributed by atoms with E-state index < -0.39 is 0 Å². The third kappa shape index (κ3) is 2.49. The molecule has 0 aliphatic carbocycles. The number of rotatable bonds is 4.